The SMILES string of the molecule is CC1(NC(=O)CC2CCC2)CCNC1. The first-order valence-corrected chi connectivity index (χ1v) is 5.70. The number of hydrogen-bond acceptors (Lipinski definition) is 2. The van der Waals surface area contributed by atoms with Gasteiger partial charge in [0.1, 0.15) is 0 Å². The second-order valence-corrected chi connectivity index (χ2v) is 5.04. The Morgan fingerprint density at radius 2 is 2.36 bits per heavy atom. The van der Waals surface area contributed by atoms with Gasteiger partial charge in [-0.15, -0.1) is 0 Å². The Hall–Kier alpha value is -0.570. The summed E-state index contributed by atoms with van der Waals surface area (Å²) in [5.74, 6) is 0.925. The topological polar surface area (TPSA) is 41.1 Å². The Morgan fingerprint density at radius 1 is 1.57 bits per heavy atom. The highest BCUT2D eigenvalue weighted by Crippen LogP contribution is 2.29. The molecule has 1 aliphatic heterocycles. The van der Waals surface area contributed by atoms with Gasteiger partial charge in [0, 0.05) is 13.0 Å². The summed E-state index contributed by atoms with van der Waals surface area (Å²) in [6.07, 6.45) is 5.63. The van der Waals surface area contributed by atoms with Gasteiger partial charge in [-0.25, -0.2) is 0 Å². The van der Waals surface area contributed by atoms with E-state index < -0.39 is 0 Å². The highest BCUT2D eigenvalue weighted by Gasteiger charge is 2.31. The van der Waals surface area contributed by atoms with Gasteiger partial charge in [-0.1, -0.05) is 6.42 Å². The highest BCUT2D eigenvalue weighted by atomic mass is 16.1. The lowest BCUT2D eigenvalue weighted by atomic mass is 9.82. The van der Waals surface area contributed by atoms with Gasteiger partial charge in [0.05, 0.1) is 5.54 Å². The summed E-state index contributed by atoms with van der Waals surface area (Å²) in [4.78, 5) is 11.7. The summed E-state index contributed by atoms with van der Waals surface area (Å²) < 4.78 is 0. The number of rotatable bonds is 3. The largest absolute Gasteiger partial charge is 0.350 e. The van der Waals surface area contributed by atoms with Crippen LogP contribution in [0.5, 0.6) is 0 Å². The molecule has 3 nitrogen and oxygen atoms in total. The maximum absolute atomic E-state index is 11.7. The number of hydrogen-bond donors (Lipinski definition) is 2. The normalized spacial score (nSPS) is 32.6. The van der Waals surface area contributed by atoms with E-state index in [2.05, 4.69) is 17.6 Å². The third-order valence-electron chi connectivity index (χ3n) is 3.51. The van der Waals surface area contributed by atoms with Crippen LogP contribution in [0.3, 0.4) is 0 Å². The zero-order chi connectivity index (χ0) is 10.0. The van der Waals surface area contributed by atoms with E-state index in [-0.39, 0.29) is 11.4 Å². The van der Waals surface area contributed by atoms with Crippen molar-refractivity contribution in [3.8, 4) is 0 Å². The minimum Gasteiger partial charge on any atom is -0.350 e. The third kappa shape index (κ3) is 2.27. The van der Waals surface area contributed by atoms with Crippen LogP contribution in [0.4, 0.5) is 0 Å². The monoisotopic (exact) mass is 196 g/mol. The molecule has 1 saturated carbocycles. The van der Waals surface area contributed by atoms with E-state index in [1.165, 1.54) is 19.3 Å². The van der Waals surface area contributed by atoms with Crippen LogP contribution >= 0.6 is 0 Å². The first kappa shape index (κ1) is 9.97. The molecule has 0 radical (unpaired) electrons. The molecule has 2 aliphatic rings. The lowest BCUT2D eigenvalue weighted by Crippen LogP contribution is -2.48. The van der Waals surface area contributed by atoms with E-state index in [4.69, 9.17) is 0 Å². The van der Waals surface area contributed by atoms with Crippen LogP contribution in [0.25, 0.3) is 0 Å². The molecule has 2 rings (SSSR count). The molecular weight excluding hydrogens is 176 g/mol. The van der Waals surface area contributed by atoms with Crippen LogP contribution < -0.4 is 10.6 Å². The van der Waals surface area contributed by atoms with Gasteiger partial charge in [-0.05, 0) is 38.6 Å². The summed E-state index contributed by atoms with van der Waals surface area (Å²) in [6.45, 7) is 4.08. The van der Waals surface area contributed by atoms with Crippen molar-refractivity contribution in [2.45, 2.75) is 44.6 Å². The predicted octanol–water partition coefficient (Wildman–Crippen LogP) is 1.04. The first-order valence-electron chi connectivity index (χ1n) is 5.70. The molecule has 2 fully saturated rings. The molecule has 0 bridgehead atoms. The fourth-order valence-electron chi connectivity index (χ4n) is 2.27. The van der Waals surface area contributed by atoms with Crippen molar-refractivity contribution in [1.82, 2.24) is 10.6 Å². The van der Waals surface area contributed by atoms with E-state index in [0.29, 0.717) is 5.92 Å². The predicted molar refractivity (Wildman–Crippen MR) is 56.0 cm³/mol. The molecule has 1 atom stereocenters. The maximum atomic E-state index is 11.7. The Kier molecular flexibility index (Phi) is 2.77. The van der Waals surface area contributed by atoms with E-state index in [0.717, 1.165) is 25.9 Å². The number of carbonyl (C=O) groups is 1. The molecule has 0 spiro atoms. The molecule has 1 heterocycles. The van der Waals surface area contributed by atoms with E-state index in [9.17, 15) is 4.79 Å². The number of amides is 1. The molecule has 14 heavy (non-hydrogen) atoms. The maximum Gasteiger partial charge on any atom is 0.220 e. The van der Waals surface area contributed by atoms with Crippen molar-refractivity contribution in [2.24, 2.45) is 5.92 Å². The van der Waals surface area contributed by atoms with Crippen molar-refractivity contribution in [2.75, 3.05) is 13.1 Å². The number of carbonyl (C=O) groups excluding carboxylic acids is 1. The van der Waals surface area contributed by atoms with Crippen LogP contribution in [0.1, 0.15) is 39.0 Å². The van der Waals surface area contributed by atoms with Crippen LogP contribution in [0.2, 0.25) is 0 Å². The van der Waals surface area contributed by atoms with Gasteiger partial charge in [-0.2, -0.15) is 0 Å². The average Bonchev–Trinajstić information content (AvgIpc) is 2.44. The van der Waals surface area contributed by atoms with Crippen molar-refractivity contribution in [1.29, 1.82) is 0 Å². The smallest absolute Gasteiger partial charge is 0.220 e. The fraction of sp³-hybridized carbons (Fsp3) is 0.909. The van der Waals surface area contributed by atoms with Crippen molar-refractivity contribution in [3.63, 3.8) is 0 Å². The summed E-state index contributed by atoms with van der Waals surface area (Å²) in [5, 5.41) is 6.44. The molecule has 3 heteroatoms. The molecule has 0 aromatic heterocycles. The highest BCUT2D eigenvalue weighted by molar-refractivity contribution is 5.77. The molecule has 80 valence electrons. The zero-order valence-electron chi connectivity index (χ0n) is 8.94. The quantitative estimate of drug-likeness (QED) is 0.708. The van der Waals surface area contributed by atoms with Gasteiger partial charge in [-0.3, -0.25) is 4.79 Å². The molecule has 0 aromatic rings. The second kappa shape index (κ2) is 3.89. The molecule has 1 amide bonds. The van der Waals surface area contributed by atoms with E-state index in [1.807, 2.05) is 0 Å². The van der Waals surface area contributed by atoms with Crippen LogP contribution in [0, 0.1) is 5.92 Å². The summed E-state index contributed by atoms with van der Waals surface area (Å²) in [6, 6.07) is 0. The lowest BCUT2D eigenvalue weighted by Gasteiger charge is -2.28. The minimum atomic E-state index is 0.0147. The standard InChI is InChI=1S/C11H20N2O/c1-11(5-6-12-8-11)13-10(14)7-9-3-2-4-9/h9,12H,2-8H2,1H3,(H,13,14). The van der Waals surface area contributed by atoms with Crippen molar-refractivity contribution >= 4 is 5.91 Å². The first-order chi connectivity index (χ1) is 6.68. The zero-order valence-corrected chi connectivity index (χ0v) is 8.94. The Labute approximate surface area is 85.6 Å². The van der Waals surface area contributed by atoms with E-state index >= 15 is 0 Å². The van der Waals surface area contributed by atoms with Gasteiger partial charge in [0.15, 0.2) is 0 Å². The molecular formula is C11H20N2O. The van der Waals surface area contributed by atoms with Crippen LogP contribution in [-0.2, 0) is 4.79 Å². The Morgan fingerprint density at radius 3 is 2.86 bits per heavy atom. The molecule has 1 unspecified atom stereocenters. The molecule has 1 saturated heterocycles. The second-order valence-electron chi connectivity index (χ2n) is 5.04. The lowest BCUT2D eigenvalue weighted by molar-refractivity contribution is -0.124. The van der Waals surface area contributed by atoms with Crippen molar-refractivity contribution < 1.29 is 4.79 Å². The summed E-state index contributed by atoms with van der Waals surface area (Å²) in [5.41, 5.74) is 0.0147. The van der Waals surface area contributed by atoms with Gasteiger partial charge < -0.3 is 10.6 Å². The minimum absolute atomic E-state index is 0.0147. The molecule has 1 aliphatic carbocycles. The number of nitrogens with one attached hydrogen (secondary N) is 2. The summed E-state index contributed by atoms with van der Waals surface area (Å²) >= 11 is 0. The summed E-state index contributed by atoms with van der Waals surface area (Å²) in [7, 11) is 0. The fourth-order valence-corrected chi connectivity index (χ4v) is 2.27. The van der Waals surface area contributed by atoms with Gasteiger partial charge in [0.2, 0.25) is 5.91 Å². The van der Waals surface area contributed by atoms with Crippen LogP contribution in [0.15, 0.2) is 0 Å². The van der Waals surface area contributed by atoms with Crippen molar-refractivity contribution in [3.05, 3.63) is 0 Å². The van der Waals surface area contributed by atoms with Gasteiger partial charge >= 0.3 is 0 Å². The Bertz CT molecular complexity index is 217. The third-order valence-corrected chi connectivity index (χ3v) is 3.51. The molecule has 2 N–H and O–H groups in total. The molecule has 0 aromatic carbocycles. The van der Waals surface area contributed by atoms with Crippen LogP contribution in [-0.4, -0.2) is 24.5 Å². The Balaban J connectivity index is 1.75. The average molecular weight is 196 g/mol. The van der Waals surface area contributed by atoms with Gasteiger partial charge in [0.25, 0.3) is 0 Å². The van der Waals surface area contributed by atoms with E-state index in [1.54, 1.807) is 0 Å².